The molecule has 0 saturated carbocycles. The number of benzene rings is 2. The maximum Gasteiger partial charge on any atom is 0.335 e. The van der Waals surface area contributed by atoms with E-state index in [4.69, 9.17) is 15.5 Å². The first kappa shape index (κ1) is 18.3. The van der Waals surface area contributed by atoms with Gasteiger partial charge in [0.1, 0.15) is 10.8 Å². The summed E-state index contributed by atoms with van der Waals surface area (Å²) in [6.45, 7) is 9.58. The first-order chi connectivity index (χ1) is 12.4. The molecule has 0 aliphatic heterocycles. The van der Waals surface area contributed by atoms with Gasteiger partial charge < -0.3 is 10.5 Å². The summed E-state index contributed by atoms with van der Waals surface area (Å²) in [4.78, 5) is 16.6. The zero-order valence-electron chi connectivity index (χ0n) is 15.2. The molecule has 3 rings (SSSR count). The zero-order chi connectivity index (χ0) is 18.8. The largest absolute Gasteiger partial charge is 0.423 e. The summed E-state index contributed by atoms with van der Waals surface area (Å²) < 4.78 is 6.63. The van der Waals surface area contributed by atoms with Crippen molar-refractivity contribution in [3.05, 3.63) is 60.2 Å². The van der Waals surface area contributed by atoms with Gasteiger partial charge in [0.25, 0.3) is 0 Å². The van der Waals surface area contributed by atoms with Gasteiger partial charge in [0, 0.05) is 12.1 Å². The molecule has 0 amide bonds. The summed E-state index contributed by atoms with van der Waals surface area (Å²) in [6, 6.07) is 11.9. The number of aryl methyl sites for hydroxylation is 1. The lowest BCUT2D eigenvalue weighted by molar-refractivity contribution is -0.128. The molecule has 1 aromatic heterocycles. The fourth-order valence-corrected chi connectivity index (χ4v) is 3.85. The first-order valence-corrected chi connectivity index (χ1v) is 9.32. The molecule has 1 heterocycles. The van der Waals surface area contributed by atoms with Crippen LogP contribution >= 0.6 is 11.3 Å². The van der Waals surface area contributed by atoms with E-state index in [1.165, 1.54) is 0 Å². The number of nitrogens with two attached hydrogens (primary N) is 1. The molecular formula is C21H22N2O2S. The third-order valence-electron chi connectivity index (χ3n) is 4.55. The Bertz CT molecular complexity index is 942. The molecule has 0 fully saturated rings. The molecule has 134 valence electrons. The normalized spacial score (nSPS) is 13.4. The molecule has 0 bridgehead atoms. The second-order valence-electron chi connectivity index (χ2n) is 6.46. The second kappa shape index (κ2) is 7.40. The number of para-hydroxylation sites is 1. The van der Waals surface area contributed by atoms with Crippen LogP contribution in [0.2, 0.25) is 0 Å². The number of aromatic nitrogens is 1. The first-order valence-electron chi connectivity index (χ1n) is 8.51. The third kappa shape index (κ3) is 3.54. The summed E-state index contributed by atoms with van der Waals surface area (Å²) in [5, 5.41) is 0.821. The van der Waals surface area contributed by atoms with Crippen molar-refractivity contribution < 1.29 is 9.53 Å². The van der Waals surface area contributed by atoms with Crippen LogP contribution in [0.25, 0.3) is 20.8 Å². The van der Waals surface area contributed by atoms with Gasteiger partial charge in [-0.25, -0.2) is 9.78 Å². The highest BCUT2D eigenvalue weighted by atomic mass is 32.1. The minimum atomic E-state index is -0.490. The molecule has 3 aromatic rings. The Morgan fingerprint density at radius 3 is 2.69 bits per heavy atom. The Balaban J connectivity index is 2.17. The molecule has 4 nitrogen and oxygen atoms in total. The lowest BCUT2D eigenvalue weighted by atomic mass is 9.90. The SMILES string of the molecule is C=CC(=O)Oc1cc(C(C)C(C)N)c(C)cc1-c1nc2ccccc2s1. The topological polar surface area (TPSA) is 65.2 Å². The van der Waals surface area contributed by atoms with Crippen LogP contribution in [0.15, 0.2) is 49.1 Å². The number of nitrogens with zero attached hydrogens (tertiary/aromatic N) is 1. The number of hydrogen-bond donors (Lipinski definition) is 1. The van der Waals surface area contributed by atoms with Crippen LogP contribution in [-0.2, 0) is 4.79 Å². The van der Waals surface area contributed by atoms with Crippen LogP contribution in [-0.4, -0.2) is 17.0 Å². The quantitative estimate of drug-likeness (QED) is 0.400. The van der Waals surface area contributed by atoms with E-state index in [2.05, 4.69) is 13.5 Å². The number of hydrogen-bond acceptors (Lipinski definition) is 5. The number of carbonyl (C=O) groups excluding carboxylic acids is 1. The van der Waals surface area contributed by atoms with Crippen LogP contribution in [0.3, 0.4) is 0 Å². The summed E-state index contributed by atoms with van der Waals surface area (Å²) in [6.07, 6.45) is 1.16. The van der Waals surface area contributed by atoms with Crippen molar-refractivity contribution in [1.29, 1.82) is 0 Å². The predicted molar refractivity (Wildman–Crippen MR) is 108 cm³/mol. The molecule has 5 heteroatoms. The van der Waals surface area contributed by atoms with E-state index in [1.54, 1.807) is 11.3 Å². The van der Waals surface area contributed by atoms with Gasteiger partial charge in [-0.2, -0.15) is 0 Å². The molecular weight excluding hydrogens is 344 g/mol. The van der Waals surface area contributed by atoms with Crippen molar-refractivity contribution >= 4 is 27.5 Å². The average molecular weight is 366 g/mol. The van der Waals surface area contributed by atoms with Crippen LogP contribution in [0.4, 0.5) is 0 Å². The molecule has 0 radical (unpaired) electrons. The summed E-state index contributed by atoms with van der Waals surface area (Å²) in [5.41, 5.74) is 9.98. The van der Waals surface area contributed by atoms with E-state index >= 15 is 0 Å². The highest BCUT2D eigenvalue weighted by Crippen LogP contribution is 2.39. The van der Waals surface area contributed by atoms with Crippen LogP contribution in [0, 0.1) is 6.92 Å². The van der Waals surface area contributed by atoms with Crippen molar-refractivity contribution in [3.8, 4) is 16.3 Å². The molecule has 0 spiro atoms. The van der Waals surface area contributed by atoms with Gasteiger partial charge in [-0.1, -0.05) is 25.6 Å². The highest BCUT2D eigenvalue weighted by molar-refractivity contribution is 7.21. The van der Waals surface area contributed by atoms with Crippen molar-refractivity contribution in [3.63, 3.8) is 0 Å². The molecule has 2 atom stereocenters. The van der Waals surface area contributed by atoms with Crippen molar-refractivity contribution in [1.82, 2.24) is 4.98 Å². The number of fused-ring (bicyclic) bond motifs is 1. The third-order valence-corrected chi connectivity index (χ3v) is 5.62. The maximum absolute atomic E-state index is 11.9. The molecule has 2 aromatic carbocycles. The molecule has 26 heavy (non-hydrogen) atoms. The molecule has 2 unspecified atom stereocenters. The lowest BCUT2D eigenvalue weighted by Gasteiger charge is -2.20. The van der Waals surface area contributed by atoms with Crippen LogP contribution in [0.5, 0.6) is 5.75 Å². The van der Waals surface area contributed by atoms with E-state index in [9.17, 15) is 4.79 Å². The van der Waals surface area contributed by atoms with Crippen molar-refractivity contribution in [2.24, 2.45) is 5.73 Å². The fraction of sp³-hybridized carbons (Fsp3) is 0.238. The second-order valence-corrected chi connectivity index (χ2v) is 7.50. The lowest BCUT2D eigenvalue weighted by Crippen LogP contribution is -2.23. The van der Waals surface area contributed by atoms with Crippen LogP contribution < -0.4 is 10.5 Å². The van der Waals surface area contributed by atoms with E-state index in [0.29, 0.717) is 5.75 Å². The van der Waals surface area contributed by atoms with Gasteiger partial charge in [0.15, 0.2) is 0 Å². The van der Waals surface area contributed by atoms with Gasteiger partial charge >= 0.3 is 5.97 Å². The van der Waals surface area contributed by atoms with E-state index in [-0.39, 0.29) is 12.0 Å². The Kier molecular flexibility index (Phi) is 5.20. The van der Waals surface area contributed by atoms with Crippen LogP contribution in [0.1, 0.15) is 30.9 Å². The molecule has 0 aliphatic carbocycles. The Hall–Kier alpha value is -2.50. The van der Waals surface area contributed by atoms with Gasteiger partial charge in [-0.05, 0) is 55.2 Å². The Morgan fingerprint density at radius 1 is 1.31 bits per heavy atom. The number of carbonyl (C=O) groups is 1. The van der Waals surface area contributed by atoms with Crippen molar-refractivity contribution in [2.45, 2.75) is 32.7 Å². The maximum atomic E-state index is 11.9. The van der Waals surface area contributed by atoms with Gasteiger partial charge in [-0.15, -0.1) is 11.3 Å². The molecule has 2 N–H and O–H groups in total. The molecule has 0 aliphatic rings. The van der Waals surface area contributed by atoms with E-state index < -0.39 is 5.97 Å². The number of thiazole rings is 1. The highest BCUT2D eigenvalue weighted by Gasteiger charge is 2.20. The van der Waals surface area contributed by atoms with Gasteiger partial charge in [0.05, 0.1) is 15.8 Å². The Morgan fingerprint density at radius 2 is 2.04 bits per heavy atom. The fourth-order valence-electron chi connectivity index (χ4n) is 2.87. The predicted octanol–water partition coefficient (Wildman–Crippen LogP) is 4.81. The van der Waals surface area contributed by atoms with Gasteiger partial charge in [-0.3, -0.25) is 0 Å². The minimum Gasteiger partial charge on any atom is -0.423 e. The average Bonchev–Trinajstić information content (AvgIpc) is 3.05. The minimum absolute atomic E-state index is 0.00930. The zero-order valence-corrected chi connectivity index (χ0v) is 16.0. The standard InChI is InChI=1S/C21H22N2O2S/c1-5-20(24)25-18-11-15(13(3)14(4)22)12(2)10-16(18)21-23-17-8-6-7-9-19(17)26-21/h5-11,13-14H,1,22H2,2-4H3. The summed E-state index contributed by atoms with van der Waals surface area (Å²) >= 11 is 1.58. The van der Waals surface area contributed by atoms with Gasteiger partial charge in [0.2, 0.25) is 0 Å². The van der Waals surface area contributed by atoms with E-state index in [1.807, 2.05) is 50.2 Å². The smallest absolute Gasteiger partial charge is 0.335 e. The number of ether oxygens (including phenoxy) is 1. The number of esters is 1. The van der Waals surface area contributed by atoms with E-state index in [0.717, 1.165) is 38.0 Å². The summed E-state index contributed by atoms with van der Waals surface area (Å²) in [5.74, 6) is 0.137. The summed E-state index contributed by atoms with van der Waals surface area (Å²) in [7, 11) is 0. The number of rotatable bonds is 5. The molecule has 0 saturated heterocycles. The Labute approximate surface area is 157 Å². The monoisotopic (exact) mass is 366 g/mol. The van der Waals surface area contributed by atoms with Crippen molar-refractivity contribution in [2.75, 3.05) is 0 Å².